The molecule has 0 fully saturated rings. The summed E-state index contributed by atoms with van der Waals surface area (Å²) in [6.45, 7) is 0. The molecule has 7 heteroatoms. The van der Waals surface area contributed by atoms with Gasteiger partial charge >= 0.3 is 0 Å². The van der Waals surface area contributed by atoms with Crippen LogP contribution in [-0.2, 0) is 9.84 Å². The van der Waals surface area contributed by atoms with Crippen LogP contribution in [0.15, 0.2) is 112 Å². The van der Waals surface area contributed by atoms with E-state index in [0.717, 1.165) is 5.56 Å². The molecule has 0 unspecified atom stereocenters. The minimum atomic E-state index is -3.67. The summed E-state index contributed by atoms with van der Waals surface area (Å²) in [4.78, 5) is 4.85. The summed E-state index contributed by atoms with van der Waals surface area (Å²) >= 11 is 5.92. The molecule has 4 aromatic rings. The molecule has 0 N–H and O–H groups in total. The number of nitrogens with zero attached hydrogens (tertiary/aromatic N) is 1. The Morgan fingerprint density at radius 3 is 2.27 bits per heavy atom. The normalized spacial score (nSPS) is 11.5. The summed E-state index contributed by atoms with van der Waals surface area (Å²) < 4.78 is 37.2. The van der Waals surface area contributed by atoms with Gasteiger partial charge in [-0.1, -0.05) is 41.9 Å². The van der Waals surface area contributed by atoms with Gasteiger partial charge in [-0.15, -0.1) is 0 Å². The highest BCUT2D eigenvalue weighted by molar-refractivity contribution is 7.91. The van der Waals surface area contributed by atoms with Crippen LogP contribution in [0.2, 0.25) is 5.02 Å². The van der Waals surface area contributed by atoms with E-state index in [2.05, 4.69) is 4.99 Å². The van der Waals surface area contributed by atoms with Gasteiger partial charge in [-0.05, 0) is 72.3 Å². The Morgan fingerprint density at radius 1 is 0.788 bits per heavy atom. The van der Waals surface area contributed by atoms with E-state index >= 15 is 0 Å². The molecule has 0 radical (unpaired) electrons. The summed E-state index contributed by atoms with van der Waals surface area (Å²) in [7, 11) is -2.16. The van der Waals surface area contributed by atoms with E-state index in [9.17, 15) is 8.42 Å². The molecule has 0 atom stereocenters. The van der Waals surface area contributed by atoms with Crippen molar-refractivity contribution in [2.75, 3.05) is 7.11 Å². The van der Waals surface area contributed by atoms with Crippen molar-refractivity contribution < 1.29 is 17.9 Å². The molecule has 0 spiro atoms. The topological polar surface area (TPSA) is 65.0 Å². The first-order valence-corrected chi connectivity index (χ1v) is 11.9. The fourth-order valence-corrected chi connectivity index (χ4v) is 4.54. The first-order chi connectivity index (χ1) is 16.0. The van der Waals surface area contributed by atoms with Crippen LogP contribution in [-0.4, -0.2) is 21.7 Å². The molecule has 4 rings (SSSR count). The first-order valence-electron chi connectivity index (χ1n) is 10.0. The first kappa shape index (κ1) is 22.6. The van der Waals surface area contributed by atoms with Crippen LogP contribution in [0.5, 0.6) is 17.2 Å². The van der Waals surface area contributed by atoms with Gasteiger partial charge in [0.15, 0.2) is 0 Å². The van der Waals surface area contributed by atoms with Crippen LogP contribution < -0.4 is 9.47 Å². The van der Waals surface area contributed by atoms with Gasteiger partial charge in [0.2, 0.25) is 9.84 Å². The number of hydrogen-bond donors (Lipinski definition) is 0. The molecule has 5 nitrogen and oxygen atoms in total. The van der Waals surface area contributed by atoms with Crippen LogP contribution in [0.25, 0.3) is 0 Å². The van der Waals surface area contributed by atoms with Gasteiger partial charge in [0.1, 0.15) is 22.9 Å². The minimum absolute atomic E-state index is 0.140. The van der Waals surface area contributed by atoms with Crippen molar-refractivity contribution in [1.29, 1.82) is 0 Å². The third-order valence-electron chi connectivity index (χ3n) is 4.77. The Bertz CT molecular complexity index is 1390. The van der Waals surface area contributed by atoms with E-state index in [1.54, 1.807) is 66.9 Å². The maximum Gasteiger partial charge on any atom is 0.206 e. The van der Waals surface area contributed by atoms with Crippen molar-refractivity contribution in [3.05, 3.63) is 108 Å². The van der Waals surface area contributed by atoms with Crippen molar-refractivity contribution in [2.45, 2.75) is 9.79 Å². The summed E-state index contributed by atoms with van der Waals surface area (Å²) in [5.74, 6) is 1.76. The number of aliphatic imine (C=N–C) groups is 1. The SMILES string of the molecule is COc1ccc(S(=O)(=O)c2ccccc2)cc1N=Cc1cccc(Oc2ccc(Cl)cc2)c1. The predicted molar refractivity (Wildman–Crippen MR) is 130 cm³/mol. The molecular weight excluding hydrogens is 458 g/mol. The summed E-state index contributed by atoms with van der Waals surface area (Å²) in [5.41, 5.74) is 1.18. The maximum atomic E-state index is 13.0. The number of methoxy groups -OCH3 is 1. The average molecular weight is 478 g/mol. The Balaban J connectivity index is 1.61. The zero-order chi connectivity index (χ0) is 23.3. The van der Waals surface area contributed by atoms with E-state index in [4.69, 9.17) is 21.1 Å². The van der Waals surface area contributed by atoms with Crippen LogP contribution in [0.3, 0.4) is 0 Å². The average Bonchev–Trinajstić information content (AvgIpc) is 2.85. The van der Waals surface area contributed by atoms with Gasteiger partial charge in [-0.2, -0.15) is 0 Å². The van der Waals surface area contributed by atoms with E-state index in [0.29, 0.717) is 28.0 Å². The fraction of sp³-hybridized carbons (Fsp3) is 0.0385. The number of halogens is 1. The molecule has 0 amide bonds. The summed E-state index contributed by atoms with van der Waals surface area (Å²) in [6.07, 6.45) is 1.63. The molecule has 0 aromatic heterocycles. The molecule has 0 bridgehead atoms. The number of hydrogen-bond acceptors (Lipinski definition) is 5. The zero-order valence-electron chi connectivity index (χ0n) is 17.7. The second kappa shape index (κ2) is 9.90. The molecule has 4 aromatic carbocycles. The van der Waals surface area contributed by atoms with Gasteiger partial charge in [0, 0.05) is 11.2 Å². The summed E-state index contributed by atoms with van der Waals surface area (Å²) in [5, 5.41) is 0.633. The van der Waals surface area contributed by atoms with Gasteiger partial charge in [0.25, 0.3) is 0 Å². The number of benzene rings is 4. The van der Waals surface area contributed by atoms with Gasteiger partial charge in [-0.25, -0.2) is 8.42 Å². The number of rotatable bonds is 7. The Hall–Kier alpha value is -3.61. The van der Waals surface area contributed by atoms with Crippen LogP contribution >= 0.6 is 11.6 Å². The molecule has 166 valence electrons. The van der Waals surface area contributed by atoms with Crippen LogP contribution in [0.4, 0.5) is 5.69 Å². The zero-order valence-corrected chi connectivity index (χ0v) is 19.3. The van der Waals surface area contributed by atoms with E-state index in [1.807, 2.05) is 24.3 Å². The van der Waals surface area contributed by atoms with Crippen molar-refractivity contribution in [3.8, 4) is 17.2 Å². The van der Waals surface area contributed by atoms with Crippen LogP contribution in [0, 0.1) is 0 Å². The van der Waals surface area contributed by atoms with Crippen LogP contribution in [0.1, 0.15) is 5.56 Å². The van der Waals surface area contributed by atoms with Crippen molar-refractivity contribution in [3.63, 3.8) is 0 Å². The monoisotopic (exact) mass is 477 g/mol. The quantitative estimate of drug-likeness (QED) is 0.277. The highest BCUT2D eigenvalue weighted by Crippen LogP contribution is 2.32. The lowest BCUT2D eigenvalue weighted by atomic mass is 10.2. The Kier molecular flexibility index (Phi) is 6.77. The highest BCUT2D eigenvalue weighted by atomic mass is 35.5. The molecule has 33 heavy (non-hydrogen) atoms. The fourth-order valence-electron chi connectivity index (χ4n) is 3.11. The lowest BCUT2D eigenvalue weighted by Crippen LogP contribution is -2.01. The molecule has 0 aliphatic rings. The second-order valence-electron chi connectivity index (χ2n) is 7.04. The maximum absolute atomic E-state index is 13.0. The van der Waals surface area contributed by atoms with E-state index in [-0.39, 0.29) is 9.79 Å². The lowest BCUT2D eigenvalue weighted by molar-refractivity contribution is 0.416. The van der Waals surface area contributed by atoms with E-state index in [1.165, 1.54) is 19.2 Å². The van der Waals surface area contributed by atoms with Crippen molar-refractivity contribution in [2.24, 2.45) is 4.99 Å². The number of sulfone groups is 1. The molecular formula is C26H20ClNO4S. The highest BCUT2D eigenvalue weighted by Gasteiger charge is 2.19. The smallest absolute Gasteiger partial charge is 0.206 e. The molecule has 0 aliphatic carbocycles. The standard InChI is InChI=1S/C26H20ClNO4S/c1-31-26-15-14-24(33(29,30)23-8-3-2-4-9-23)17-25(26)28-18-19-6-5-7-22(16-19)32-21-12-10-20(27)11-13-21/h2-18H,1H3. The number of ether oxygens (including phenoxy) is 2. The Morgan fingerprint density at radius 2 is 1.55 bits per heavy atom. The third kappa shape index (κ3) is 5.42. The molecule has 0 saturated heterocycles. The largest absolute Gasteiger partial charge is 0.494 e. The molecule has 0 saturated carbocycles. The Labute approximate surface area is 197 Å². The van der Waals surface area contributed by atoms with Gasteiger partial charge in [-0.3, -0.25) is 4.99 Å². The molecule has 0 aliphatic heterocycles. The van der Waals surface area contributed by atoms with Gasteiger partial charge < -0.3 is 9.47 Å². The second-order valence-corrected chi connectivity index (χ2v) is 9.42. The van der Waals surface area contributed by atoms with E-state index < -0.39 is 9.84 Å². The third-order valence-corrected chi connectivity index (χ3v) is 6.79. The predicted octanol–water partition coefficient (Wildman–Crippen LogP) is 6.72. The molecule has 0 heterocycles. The minimum Gasteiger partial charge on any atom is -0.494 e. The van der Waals surface area contributed by atoms with Crippen molar-refractivity contribution in [1.82, 2.24) is 0 Å². The summed E-state index contributed by atoms with van der Waals surface area (Å²) in [6, 6.07) is 27.4. The lowest BCUT2D eigenvalue weighted by Gasteiger charge is -2.09. The van der Waals surface area contributed by atoms with Crippen molar-refractivity contribution >= 4 is 33.3 Å². The van der Waals surface area contributed by atoms with Gasteiger partial charge in [0.05, 0.1) is 16.9 Å².